The summed E-state index contributed by atoms with van der Waals surface area (Å²) in [6, 6.07) is 3.36. The number of carboxylic acid groups (broad SMARTS) is 1. The maximum Gasteiger partial charge on any atom is 0.309 e. The zero-order valence-electron chi connectivity index (χ0n) is 16.0. The van der Waals surface area contributed by atoms with Gasteiger partial charge in [0, 0.05) is 0 Å². The number of benzene rings is 1. The zero-order valence-corrected chi connectivity index (χ0v) is 16.0. The van der Waals surface area contributed by atoms with Gasteiger partial charge >= 0.3 is 5.97 Å². The highest BCUT2D eigenvalue weighted by atomic mass is 16.5. The number of aliphatic carboxylic acids is 1. The number of phenols is 2. The minimum atomic E-state index is -0.827. The molecule has 0 heterocycles. The third-order valence-electron chi connectivity index (χ3n) is 4.67. The third-order valence-corrected chi connectivity index (χ3v) is 4.67. The molecule has 0 unspecified atom stereocenters. The number of hydrogen-bond donors (Lipinski definition) is 3. The van der Waals surface area contributed by atoms with Gasteiger partial charge in [-0.1, -0.05) is 6.07 Å². The van der Waals surface area contributed by atoms with Gasteiger partial charge in [-0.3, -0.25) is 9.59 Å². The number of hydrogen-bond acceptors (Lipinski definition) is 5. The Bertz CT molecular complexity index is 633. The lowest BCUT2D eigenvalue weighted by atomic mass is 9.86. The molecule has 0 atom stereocenters. The number of rotatable bonds is 11. The topological polar surface area (TPSA) is 104 Å². The summed E-state index contributed by atoms with van der Waals surface area (Å²) in [6.45, 7) is 7.46. The molecule has 146 valence electrons. The molecule has 0 saturated heterocycles. The van der Waals surface area contributed by atoms with Crippen LogP contribution in [0.4, 0.5) is 0 Å². The lowest BCUT2D eigenvalue weighted by molar-refractivity contribution is -0.147. The van der Waals surface area contributed by atoms with Crippen LogP contribution in [0.25, 0.3) is 0 Å². The Morgan fingerprint density at radius 3 is 2.27 bits per heavy atom. The van der Waals surface area contributed by atoms with Crippen LogP contribution in [0.2, 0.25) is 0 Å². The largest absolute Gasteiger partial charge is 0.504 e. The van der Waals surface area contributed by atoms with Gasteiger partial charge in [0.25, 0.3) is 6.47 Å². The fourth-order valence-electron chi connectivity index (χ4n) is 2.81. The SMILES string of the molecule is CC(C)(CCCc1cc(CCCC(C)(C)C(=O)O)cc(O)c1O)OC=O. The second-order valence-corrected chi connectivity index (χ2v) is 7.99. The predicted octanol–water partition coefficient (Wildman–Crippen LogP) is 3.81. The van der Waals surface area contributed by atoms with Crippen molar-refractivity contribution in [3.63, 3.8) is 0 Å². The first-order valence-corrected chi connectivity index (χ1v) is 8.87. The highest BCUT2D eigenvalue weighted by Crippen LogP contribution is 2.33. The molecule has 6 heteroatoms. The van der Waals surface area contributed by atoms with Crippen LogP contribution in [0.3, 0.4) is 0 Å². The van der Waals surface area contributed by atoms with Crippen molar-refractivity contribution in [3.05, 3.63) is 23.3 Å². The van der Waals surface area contributed by atoms with Crippen molar-refractivity contribution in [1.29, 1.82) is 0 Å². The molecule has 0 spiro atoms. The molecule has 1 aromatic rings. The summed E-state index contributed by atoms with van der Waals surface area (Å²) < 4.78 is 5.01. The van der Waals surface area contributed by atoms with Crippen molar-refractivity contribution in [2.24, 2.45) is 5.41 Å². The second kappa shape index (κ2) is 8.92. The normalized spacial score (nSPS) is 12.0. The van der Waals surface area contributed by atoms with Crippen molar-refractivity contribution >= 4 is 12.4 Å². The number of aromatic hydroxyl groups is 2. The minimum Gasteiger partial charge on any atom is -0.504 e. The third kappa shape index (κ3) is 6.58. The molecule has 1 rings (SSSR count). The van der Waals surface area contributed by atoms with Gasteiger partial charge < -0.3 is 20.1 Å². The fourth-order valence-corrected chi connectivity index (χ4v) is 2.81. The van der Waals surface area contributed by atoms with E-state index < -0.39 is 17.0 Å². The van der Waals surface area contributed by atoms with Crippen LogP contribution in [0.15, 0.2) is 12.1 Å². The first-order chi connectivity index (χ1) is 12.0. The number of aryl methyl sites for hydroxylation is 2. The summed E-state index contributed by atoms with van der Waals surface area (Å²) in [6.07, 6.45) is 3.67. The van der Waals surface area contributed by atoms with Gasteiger partial charge in [0.1, 0.15) is 5.60 Å². The molecule has 0 aliphatic heterocycles. The Balaban J connectivity index is 2.71. The van der Waals surface area contributed by atoms with Gasteiger partial charge in [-0.15, -0.1) is 0 Å². The zero-order chi connectivity index (χ0) is 20.0. The van der Waals surface area contributed by atoms with Crippen LogP contribution < -0.4 is 0 Å². The smallest absolute Gasteiger partial charge is 0.309 e. The van der Waals surface area contributed by atoms with Crippen LogP contribution in [-0.2, 0) is 27.2 Å². The van der Waals surface area contributed by atoms with Gasteiger partial charge in [0.15, 0.2) is 11.5 Å². The molecule has 3 N–H and O–H groups in total. The molecular formula is C20H30O6. The van der Waals surface area contributed by atoms with E-state index in [0.717, 1.165) is 5.56 Å². The quantitative estimate of drug-likeness (QED) is 0.406. The summed E-state index contributed by atoms with van der Waals surface area (Å²) in [4.78, 5) is 21.6. The Morgan fingerprint density at radius 1 is 1.08 bits per heavy atom. The molecule has 0 saturated carbocycles. The van der Waals surface area contributed by atoms with Crippen molar-refractivity contribution in [1.82, 2.24) is 0 Å². The second-order valence-electron chi connectivity index (χ2n) is 7.99. The molecule has 0 radical (unpaired) electrons. The number of carbonyl (C=O) groups excluding carboxylic acids is 1. The van der Waals surface area contributed by atoms with E-state index in [2.05, 4.69) is 0 Å². The lowest BCUT2D eigenvalue weighted by Crippen LogP contribution is -2.23. The summed E-state index contributed by atoms with van der Waals surface area (Å²) in [5.41, 5.74) is 0.144. The van der Waals surface area contributed by atoms with E-state index in [9.17, 15) is 19.8 Å². The molecule has 6 nitrogen and oxygen atoms in total. The molecule has 0 aliphatic rings. The molecule has 26 heavy (non-hydrogen) atoms. The average Bonchev–Trinajstić information content (AvgIpc) is 2.51. The van der Waals surface area contributed by atoms with E-state index in [-0.39, 0.29) is 11.5 Å². The highest BCUT2D eigenvalue weighted by molar-refractivity contribution is 5.73. The lowest BCUT2D eigenvalue weighted by Gasteiger charge is -2.22. The van der Waals surface area contributed by atoms with Crippen LogP contribution >= 0.6 is 0 Å². The van der Waals surface area contributed by atoms with E-state index in [1.807, 2.05) is 19.9 Å². The van der Waals surface area contributed by atoms with Crippen LogP contribution in [0.1, 0.15) is 64.5 Å². The van der Waals surface area contributed by atoms with Crippen molar-refractivity contribution in [2.75, 3.05) is 0 Å². The van der Waals surface area contributed by atoms with Crippen molar-refractivity contribution in [3.8, 4) is 11.5 Å². The molecule has 0 amide bonds. The van der Waals surface area contributed by atoms with E-state index in [4.69, 9.17) is 9.84 Å². The monoisotopic (exact) mass is 366 g/mol. The fraction of sp³-hybridized carbons (Fsp3) is 0.600. The van der Waals surface area contributed by atoms with E-state index >= 15 is 0 Å². The standard InChI is InChI=1S/C20H30O6/c1-19(2,18(24)25)9-5-7-14-11-15(17(23)16(22)12-14)8-6-10-20(3,4)26-13-21/h11-13,22-23H,5-10H2,1-4H3,(H,24,25). The number of phenolic OH excluding ortho intramolecular Hbond substituents is 2. The summed E-state index contributed by atoms with van der Waals surface area (Å²) in [5.74, 6) is -1.13. The Kier molecular flexibility index (Phi) is 7.48. The van der Waals surface area contributed by atoms with Gasteiger partial charge in [-0.25, -0.2) is 0 Å². The predicted molar refractivity (Wildman–Crippen MR) is 98.3 cm³/mol. The Morgan fingerprint density at radius 2 is 1.69 bits per heavy atom. The van der Waals surface area contributed by atoms with Crippen LogP contribution in [0, 0.1) is 5.41 Å². The number of carboxylic acids is 1. The maximum atomic E-state index is 11.2. The molecule has 0 aliphatic carbocycles. The molecule has 0 fully saturated rings. The molecular weight excluding hydrogens is 336 g/mol. The number of carbonyl (C=O) groups is 2. The average molecular weight is 366 g/mol. The Hall–Kier alpha value is -2.24. The minimum absolute atomic E-state index is 0.131. The summed E-state index contributed by atoms with van der Waals surface area (Å²) in [5, 5.41) is 29.2. The van der Waals surface area contributed by atoms with Gasteiger partial charge in [-0.05, 0) is 83.4 Å². The summed E-state index contributed by atoms with van der Waals surface area (Å²) in [7, 11) is 0. The van der Waals surface area contributed by atoms with E-state index in [1.165, 1.54) is 6.07 Å². The molecule has 0 bridgehead atoms. The van der Waals surface area contributed by atoms with Crippen LogP contribution in [0.5, 0.6) is 11.5 Å². The number of ether oxygens (including phenoxy) is 1. The first kappa shape index (κ1) is 21.8. The van der Waals surface area contributed by atoms with Gasteiger partial charge in [0.2, 0.25) is 0 Å². The molecule has 1 aromatic carbocycles. The van der Waals surface area contributed by atoms with E-state index in [1.54, 1.807) is 13.8 Å². The summed E-state index contributed by atoms with van der Waals surface area (Å²) >= 11 is 0. The van der Waals surface area contributed by atoms with Gasteiger partial charge in [0.05, 0.1) is 5.41 Å². The Labute approximate surface area is 154 Å². The maximum absolute atomic E-state index is 11.2. The van der Waals surface area contributed by atoms with Crippen LogP contribution in [-0.4, -0.2) is 33.4 Å². The molecule has 0 aromatic heterocycles. The highest BCUT2D eigenvalue weighted by Gasteiger charge is 2.26. The van der Waals surface area contributed by atoms with Crippen molar-refractivity contribution in [2.45, 2.75) is 71.8 Å². The first-order valence-electron chi connectivity index (χ1n) is 8.87. The van der Waals surface area contributed by atoms with Crippen molar-refractivity contribution < 1.29 is 29.6 Å². The van der Waals surface area contributed by atoms with Gasteiger partial charge in [-0.2, -0.15) is 0 Å². The van der Waals surface area contributed by atoms with E-state index in [0.29, 0.717) is 50.6 Å².